The van der Waals surface area contributed by atoms with Crippen molar-refractivity contribution in [1.29, 1.82) is 0 Å². The molecule has 1 rings (SSSR count). The van der Waals surface area contributed by atoms with Gasteiger partial charge >= 0.3 is 0 Å². The Bertz CT molecular complexity index is 413. The number of nitrogens with zero attached hydrogens (tertiary/aromatic N) is 3. The minimum absolute atomic E-state index is 0. The second kappa shape index (κ2) is 14.4. The van der Waals surface area contributed by atoms with E-state index in [1.165, 1.54) is 0 Å². The monoisotopic (exact) mass is 484 g/mol. The van der Waals surface area contributed by atoms with Gasteiger partial charge in [0.1, 0.15) is 6.54 Å². The van der Waals surface area contributed by atoms with Crippen LogP contribution in [0.5, 0.6) is 0 Å². The normalized spacial score (nSPS) is 16.8. The third-order valence-electron chi connectivity index (χ3n) is 4.44. The summed E-state index contributed by atoms with van der Waals surface area (Å²) in [4.78, 5) is 20.2. The highest BCUT2D eigenvalue weighted by molar-refractivity contribution is 14.0. The molecule has 0 spiro atoms. The lowest BCUT2D eigenvalue weighted by Gasteiger charge is -2.35. The van der Waals surface area contributed by atoms with Gasteiger partial charge in [-0.1, -0.05) is 6.92 Å². The highest BCUT2D eigenvalue weighted by Gasteiger charge is 2.23. The molecule has 1 aliphatic heterocycles. The lowest BCUT2D eigenvalue weighted by atomic mass is 10.1. The maximum absolute atomic E-state index is 11.9. The van der Waals surface area contributed by atoms with Crippen LogP contribution in [0, 0.1) is 0 Å². The Labute approximate surface area is 175 Å². The summed E-state index contributed by atoms with van der Waals surface area (Å²) in [5.41, 5.74) is 0. The van der Waals surface area contributed by atoms with E-state index in [0.29, 0.717) is 12.1 Å². The Hall–Kier alpha value is -0.610. The fourth-order valence-corrected chi connectivity index (χ4v) is 2.53. The lowest BCUT2D eigenvalue weighted by Crippen LogP contribution is -2.49. The van der Waals surface area contributed by atoms with Gasteiger partial charge in [0.2, 0.25) is 5.91 Å². The number of ether oxygens (including phenoxy) is 2. The number of rotatable bonds is 9. The SMILES string of the molecule is CCC(C)NC(=NCC(=O)N(C)C)N1CCC(OCCCOC)CC1.I. The van der Waals surface area contributed by atoms with Crippen molar-refractivity contribution in [1.82, 2.24) is 15.1 Å². The van der Waals surface area contributed by atoms with Crippen LogP contribution in [-0.4, -0.2) is 87.9 Å². The number of aliphatic imine (C=N–C) groups is 1. The van der Waals surface area contributed by atoms with E-state index in [1.807, 2.05) is 0 Å². The lowest BCUT2D eigenvalue weighted by molar-refractivity contribution is -0.127. The van der Waals surface area contributed by atoms with Gasteiger partial charge in [-0.05, 0) is 32.6 Å². The predicted octanol–water partition coefficient (Wildman–Crippen LogP) is 1.95. The maximum atomic E-state index is 11.9. The summed E-state index contributed by atoms with van der Waals surface area (Å²) >= 11 is 0. The van der Waals surface area contributed by atoms with Crippen LogP contribution in [0.15, 0.2) is 4.99 Å². The molecule has 26 heavy (non-hydrogen) atoms. The van der Waals surface area contributed by atoms with Gasteiger partial charge in [-0.3, -0.25) is 4.79 Å². The van der Waals surface area contributed by atoms with Gasteiger partial charge in [0.05, 0.1) is 6.10 Å². The molecule has 1 saturated heterocycles. The third kappa shape index (κ3) is 9.91. The molecule has 0 aliphatic carbocycles. The molecule has 0 radical (unpaired) electrons. The van der Waals surface area contributed by atoms with Crippen LogP contribution >= 0.6 is 24.0 Å². The highest BCUT2D eigenvalue weighted by atomic mass is 127. The van der Waals surface area contributed by atoms with Crippen molar-refractivity contribution in [2.24, 2.45) is 4.99 Å². The van der Waals surface area contributed by atoms with Crippen LogP contribution in [0.2, 0.25) is 0 Å². The fraction of sp³-hybridized carbons (Fsp3) is 0.889. The Balaban J connectivity index is 0.00000625. The molecular weight excluding hydrogens is 447 g/mol. The number of nitrogens with one attached hydrogen (secondary N) is 1. The topological polar surface area (TPSA) is 66.4 Å². The Kier molecular flexibility index (Phi) is 14.1. The van der Waals surface area contributed by atoms with Crippen LogP contribution in [0.1, 0.15) is 39.5 Å². The first-order chi connectivity index (χ1) is 12.0. The number of guanidine groups is 1. The molecule has 1 amide bonds. The smallest absolute Gasteiger partial charge is 0.243 e. The van der Waals surface area contributed by atoms with Crippen molar-refractivity contribution >= 4 is 35.8 Å². The Morgan fingerprint density at radius 3 is 2.50 bits per heavy atom. The van der Waals surface area contributed by atoms with Crippen LogP contribution in [0.3, 0.4) is 0 Å². The number of hydrogen-bond acceptors (Lipinski definition) is 4. The zero-order valence-corrected chi connectivity index (χ0v) is 19.3. The largest absolute Gasteiger partial charge is 0.385 e. The van der Waals surface area contributed by atoms with Gasteiger partial charge < -0.3 is 24.6 Å². The first-order valence-electron chi connectivity index (χ1n) is 9.34. The van der Waals surface area contributed by atoms with Crippen LogP contribution < -0.4 is 5.32 Å². The van der Waals surface area contributed by atoms with Gasteiger partial charge in [0.15, 0.2) is 5.96 Å². The molecule has 1 fully saturated rings. The standard InChI is InChI=1S/C18H36N4O3.HI/c1-6-15(2)20-18(19-14-17(23)21(3)4)22-10-8-16(9-11-22)25-13-7-12-24-5;/h15-16H,6-14H2,1-5H3,(H,19,20);1H. The van der Waals surface area contributed by atoms with E-state index in [0.717, 1.165) is 57.9 Å². The van der Waals surface area contributed by atoms with Gasteiger partial charge in [0, 0.05) is 53.6 Å². The molecule has 1 atom stereocenters. The number of likely N-dealkylation sites (tertiary alicyclic amines) is 1. The molecule has 1 heterocycles. The molecule has 154 valence electrons. The number of halogens is 1. The molecule has 0 aromatic carbocycles. The third-order valence-corrected chi connectivity index (χ3v) is 4.44. The molecule has 8 heteroatoms. The average molecular weight is 484 g/mol. The van der Waals surface area contributed by atoms with Crippen LogP contribution in [0.25, 0.3) is 0 Å². The minimum atomic E-state index is 0. The summed E-state index contributed by atoms with van der Waals surface area (Å²) in [6.45, 7) is 7.74. The summed E-state index contributed by atoms with van der Waals surface area (Å²) in [5, 5.41) is 3.45. The van der Waals surface area contributed by atoms with E-state index in [9.17, 15) is 4.79 Å². The summed E-state index contributed by atoms with van der Waals surface area (Å²) in [5.74, 6) is 0.849. The second-order valence-electron chi connectivity index (χ2n) is 6.79. The summed E-state index contributed by atoms with van der Waals surface area (Å²) in [6, 6.07) is 0.330. The molecule has 7 nitrogen and oxygen atoms in total. The molecular formula is C18H37IN4O3. The number of amides is 1. The zero-order valence-electron chi connectivity index (χ0n) is 17.0. The van der Waals surface area contributed by atoms with Gasteiger partial charge in [-0.25, -0.2) is 4.99 Å². The molecule has 0 aromatic rings. The first-order valence-corrected chi connectivity index (χ1v) is 9.34. The zero-order chi connectivity index (χ0) is 18.7. The Morgan fingerprint density at radius 1 is 1.31 bits per heavy atom. The van der Waals surface area contributed by atoms with Crippen molar-refractivity contribution in [3.05, 3.63) is 0 Å². The summed E-state index contributed by atoms with van der Waals surface area (Å²) < 4.78 is 11.0. The number of carbonyl (C=O) groups is 1. The van der Waals surface area contributed by atoms with Crippen molar-refractivity contribution in [3.8, 4) is 0 Å². The quantitative estimate of drug-likeness (QED) is 0.235. The van der Waals surface area contributed by atoms with E-state index < -0.39 is 0 Å². The Morgan fingerprint density at radius 2 is 1.96 bits per heavy atom. The molecule has 0 saturated carbocycles. The maximum Gasteiger partial charge on any atom is 0.243 e. The molecule has 1 unspecified atom stereocenters. The second-order valence-corrected chi connectivity index (χ2v) is 6.79. The fourth-order valence-electron chi connectivity index (χ4n) is 2.53. The summed E-state index contributed by atoms with van der Waals surface area (Å²) in [6.07, 6.45) is 4.22. The minimum Gasteiger partial charge on any atom is -0.385 e. The van der Waals surface area contributed by atoms with E-state index in [4.69, 9.17) is 9.47 Å². The number of carbonyl (C=O) groups excluding carboxylic acids is 1. The van der Waals surface area contributed by atoms with Crippen molar-refractivity contribution in [3.63, 3.8) is 0 Å². The van der Waals surface area contributed by atoms with Crippen molar-refractivity contribution in [2.45, 2.75) is 51.7 Å². The van der Waals surface area contributed by atoms with Gasteiger partial charge in [-0.15, -0.1) is 24.0 Å². The van der Waals surface area contributed by atoms with Crippen LogP contribution in [0.4, 0.5) is 0 Å². The average Bonchev–Trinajstić information content (AvgIpc) is 2.62. The number of piperidine rings is 1. The molecule has 1 N–H and O–H groups in total. The van der Waals surface area contributed by atoms with E-state index in [2.05, 4.69) is 29.1 Å². The number of hydrogen-bond donors (Lipinski definition) is 1. The molecule has 0 aromatic heterocycles. The first kappa shape index (κ1) is 25.4. The number of methoxy groups -OCH3 is 1. The molecule has 1 aliphatic rings. The van der Waals surface area contributed by atoms with Crippen LogP contribution in [-0.2, 0) is 14.3 Å². The highest BCUT2D eigenvalue weighted by Crippen LogP contribution is 2.14. The van der Waals surface area contributed by atoms with E-state index in [1.54, 1.807) is 26.1 Å². The van der Waals surface area contributed by atoms with Gasteiger partial charge in [-0.2, -0.15) is 0 Å². The van der Waals surface area contributed by atoms with Crippen molar-refractivity contribution < 1.29 is 14.3 Å². The molecule has 0 bridgehead atoms. The van der Waals surface area contributed by atoms with E-state index in [-0.39, 0.29) is 36.4 Å². The van der Waals surface area contributed by atoms with E-state index >= 15 is 0 Å². The van der Waals surface area contributed by atoms with Gasteiger partial charge in [0.25, 0.3) is 0 Å². The van der Waals surface area contributed by atoms with Crippen molar-refractivity contribution in [2.75, 3.05) is 54.1 Å². The predicted molar refractivity (Wildman–Crippen MR) is 116 cm³/mol. The number of likely N-dealkylation sites (N-methyl/N-ethyl adjacent to an activating group) is 1. The summed E-state index contributed by atoms with van der Waals surface area (Å²) in [7, 11) is 5.22.